The Morgan fingerprint density at radius 2 is 2.50 bits per heavy atom. The molecule has 1 N–H and O–H groups in total. The summed E-state index contributed by atoms with van der Waals surface area (Å²) in [5, 5.41) is 1.21. The summed E-state index contributed by atoms with van der Waals surface area (Å²) in [5.74, 6) is 1.28. The number of rotatable bonds is 3. The fourth-order valence-electron chi connectivity index (χ4n) is 2.01. The molecule has 1 aliphatic heterocycles. The monoisotopic (exact) mass is 305 g/mol. The first-order chi connectivity index (χ1) is 7.72. The van der Waals surface area contributed by atoms with Gasteiger partial charge in [-0.25, -0.2) is 4.98 Å². The zero-order chi connectivity index (χ0) is 11.5. The molecule has 2 heterocycles. The average molecular weight is 307 g/mol. The first kappa shape index (κ1) is 11.9. The van der Waals surface area contributed by atoms with Crippen molar-refractivity contribution in [1.29, 1.82) is 0 Å². The van der Waals surface area contributed by atoms with E-state index in [2.05, 4.69) is 30.8 Å². The van der Waals surface area contributed by atoms with E-state index >= 15 is 0 Å². The predicted octanol–water partition coefficient (Wildman–Crippen LogP) is 2.03. The van der Waals surface area contributed by atoms with Crippen LogP contribution >= 0.6 is 27.5 Å². The summed E-state index contributed by atoms with van der Waals surface area (Å²) in [5.41, 5.74) is -0.268. The van der Waals surface area contributed by atoms with Gasteiger partial charge in [0.1, 0.15) is 5.02 Å². The Bertz CT molecular complexity index is 423. The third-order valence-corrected chi connectivity index (χ3v) is 3.68. The largest absolute Gasteiger partial charge is 0.355 e. The summed E-state index contributed by atoms with van der Waals surface area (Å²) < 4.78 is 0. The van der Waals surface area contributed by atoms with Crippen molar-refractivity contribution in [3.8, 4) is 0 Å². The van der Waals surface area contributed by atoms with Crippen LogP contribution in [0.1, 0.15) is 12.8 Å². The maximum absolute atomic E-state index is 11.3. The predicted molar refractivity (Wildman–Crippen MR) is 68.6 cm³/mol. The molecule has 0 bridgehead atoms. The van der Waals surface area contributed by atoms with E-state index in [1.807, 2.05) is 0 Å². The van der Waals surface area contributed by atoms with Gasteiger partial charge in [0, 0.05) is 18.4 Å². The van der Waals surface area contributed by atoms with Gasteiger partial charge in [0.25, 0.3) is 5.56 Å². The Balaban J connectivity index is 2.14. The summed E-state index contributed by atoms with van der Waals surface area (Å²) in [7, 11) is 0. The van der Waals surface area contributed by atoms with Crippen LogP contribution in [0.25, 0.3) is 0 Å². The Morgan fingerprint density at radius 3 is 3.25 bits per heavy atom. The van der Waals surface area contributed by atoms with E-state index < -0.39 is 0 Å². The number of aromatic amines is 1. The third kappa shape index (κ3) is 2.40. The minimum atomic E-state index is -0.268. The molecular formula is C10H13BrClN3O. The number of hydrogen-bond acceptors (Lipinski definition) is 3. The molecule has 88 valence electrons. The third-order valence-electron chi connectivity index (χ3n) is 2.88. The van der Waals surface area contributed by atoms with Crippen LogP contribution in [0.2, 0.25) is 5.02 Å². The fraction of sp³-hybridized carbons (Fsp3) is 0.600. The van der Waals surface area contributed by atoms with Gasteiger partial charge < -0.3 is 9.88 Å². The summed E-state index contributed by atoms with van der Waals surface area (Å²) in [6, 6.07) is 0. The van der Waals surface area contributed by atoms with Crippen molar-refractivity contribution in [1.82, 2.24) is 9.97 Å². The second-order valence-corrected chi connectivity index (χ2v) is 5.12. The van der Waals surface area contributed by atoms with Crippen LogP contribution in [0.5, 0.6) is 0 Å². The highest BCUT2D eigenvalue weighted by Gasteiger charge is 2.25. The number of alkyl halides is 1. The Labute approximate surface area is 107 Å². The van der Waals surface area contributed by atoms with Crippen LogP contribution in [-0.4, -0.2) is 28.4 Å². The van der Waals surface area contributed by atoms with E-state index in [4.69, 9.17) is 11.6 Å². The number of hydrogen-bond donors (Lipinski definition) is 1. The molecule has 0 aliphatic carbocycles. The second-order valence-electron chi connectivity index (χ2n) is 3.95. The Hall–Kier alpha value is -0.550. The van der Waals surface area contributed by atoms with Crippen LogP contribution < -0.4 is 10.5 Å². The number of anilines is 1. The molecule has 0 saturated carbocycles. The highest BCUT2D eigenvalue weighted by atomic mass is 79.9. The molecule has 1 fully saturated rings. The molecule has 0 radical (unpaired) electrons. The molecule has 2 rings (SSSR count). The van der Waals surface area contributed by atoms with E-state index in [9.17, 15) is 4.79 Å². The highest BCUT2D eigenvalue weighted by molar-refractivity contribution is 9.09. The lowest BCUT2D eigenvalue weighted by molar-refractivity contribution is 0.575. The van der Waals surface area contributed by atoms with Gasteiger partial charge in [0.05, 0.1) is 6.33 Å². The van der Waals surface area contributed by atoms with Crippen molar-refractivity contribution in [3.63, 3.8) is 0 Å². The fourth-order valence-corrected chi connectivity index (χ4v) is 2.88. The summed E-state index contributed by atoms with van der Waals surface area (Å²) in [6.07, 6.45) is 3.69. The van der Waals surface area contributed by atoms with Crippen LogP contribution in [-0.2, 0) is 0 Å². The number of H-pyrrole nitrogens is 1. The number of halogens is 2. The van der Waals surface area contributed by atoms with Gasteiger partial charge in [-0.3, -0.25) is 4.79 Å². The summed E-state index contributed by atoms with van der Waals surface area (Å²) in [6.45, 7) is 1.86. The number of aromatic nitrogens is 2. The zero-order valence-corrected chi connectivity index (χ0v) is 11.1. The van der Waals surface area contributed by atoms with Crippen LogP contribution in [0.15, 0.2) is 11.1 Å². The Morgan fingerprint density at radius 1 is 1.69 bits per heavy atom. The molecule has 1 unspecified atom stereocenters. The van der Waals surface area contributed by atoms with Crippen LogP contribution in [0.4, 0.5) is 5.82 Å². The number of nitrogens with one attached hydrogen (secondary N) is 1. The minimum Gasteiger partial charge on any atom is -0.355 e. The van der Waals surface area contributed by atoms with Crippen molar-refractivity contribution in [3.05, 3.63) is 21.7 Å². The van der Waals surface area contributed by atoms with E-state index in [-0.39, 0.29) is 10.6 Å². The van der Waals surface area contributed by atoms with Crippen LogP contribution in [0, 0.1) is 5.92 Å². The molecule has 1 aliphatic rings. The van der Waals surface area contributed by atoms with Gasteiger partial charge in [-0.2, -0.15) is 0 Å². The quantitative estimate of drug-likeness (QED) is 0.869. The van der Waals surface area contributed by atoms with Gasteiger partial charge in [-0.05, 0) is 18.8 Å². The molecule has 0 aromatic carbocycles. The molecule has 1 atom stereocenters. The molecule has 16 heavy (non-hydrogen) atoms. The maximum Gasteiger partial charge on any atom is 0.271 e. The first-order valence-electron chi connectivity index (χ1n) is 5.26. The summed E-state index contributed by atoms with van der Waals surface area (Å²) in [4.78, 5) is 20.0. The molecule has 1 saturated heterocycles. The minimum absolute atomic E-state index is 0.196. The lowest BCUT2D eigenvalue weighted by Crippen LogP contribution is -2.24. The zero-order valence-electron chi connectivity index (χ0n) is 8.75. The molecule has 0 amide bonds. The summed E-state index contributed by atoms with van der Waals surface area (Å²) >= 11 is 9.39. The Kier molecular flexibility index (Phi) is 3.86. The van der Waals surface area contributed by atoms with E-state index in [0.717, 1.165) is 31.3 Å². The van der Waals surface area contributed by atoms with Crippen molar-refractivity contribution in [2.24, 2.45) is 5.92 Å². The first-order valence-corrected chi connectivity index (χ1v) is 6.76. The van der Waals surface area contributed by atoms with Crippen molar-refractivity contribution < 1.29 is 0 Å². The standard InChI is InChI=1S/C10H13BrClN3O/c11-3-1-7-2-4-15(5-7)9-8(12)10(16)14-6-13-9/h6-7H,1-5H2,(H,13,14,16). The topological polar surface area (TPSA) is 49.0 Å². The van der Waals surface area contributed by atoms with Crippen molar-refractivity contribution in [2.75, 3.05) is 23.3 Å². The molecular weight excluding hydrogens is 293 g/mol. The van der Waals surface area contributed by atoms with Gasteiger partial charge in [0.15, 0.2) is 5.82 Å². The molecule has 1 aromatic rings. The van der Waals surface area contributed by atoms with Gasteiger partial charge in [-0.1, -0.05) is 27.5 Å². The lowest BCUT2D eigenvalue weighted by Gasteiger charge is -2.17. The maximum atomic E-state index is 11.3. The van der Waals surface area contributed by atoms with E-state index in [1.165, 1.54) is 6.33 Å². The van der Waals surface area contributed by atoms with Gasteiger partial charge >= 0.3 is 0 Å². The lowest BCUT2D eigenvalue weighted by atomic mass is 10.1. The number of nitrogens with zero attached hydrogens (tertiary/aromatic N) is 2. The van der Waals surface area contributed by atoms with E-state index in [1.54, 1.807) is 0 Å². The van der Waals surface area contributed by atoms with Crippen molar-refractivity contribution >= 4 is 33.3 Å². The van der Waals surface area contributed by atoms with Gasteiger partial charge in [-0.15, -0.1) is 0 Å². The SMILES string of the molecule is O=c1[nH]cnc(N2CCC(CCBr)C2)c1Cl. The molecule has 0 spiro atoms. The normalized spacial score (nSPS) is 20.4. The molecule has 6 heteroatoms. The molecule has 1 aromatic heterocycles. The average Bonchev–Trinajstić information content (AvgIpc) is 2.71. The highest BCUT2D eigenvalue weighted by Crippen LogP contribution is 2.27. The van der Waals surface area contributed by atoms with E-state index in [0.29, 0.717) is 11.7 Å². The van der Waals surface area contributed by atoms with Crippen LogP contribution in [0.3, 0.4) is 0 Å². The second kappa shape index (κ2) is 5.19. The molecule has 4 nitrogen and oxygen atoms in total. The van der Waals surface area contributed by atoms with Gasteiger partial charge in [0.2, 0.25) is 0 Å². The smallest absolute Gasteiger partial charge is 0.271 e. The van der Waals surface area contributed by atoms with Crippen molar-refractivity contribution in [2.45, 2.75) is 12.8 Å².